The molecule has 1 aromatic rings. The van der Waals surface area contributed by atoms with Crippen LogP contribution in [0.25, 0.3) is 0 Å². The van der Waals surface area contributed by atoms with E-state index in [2.05, 4.69) is 39.4 Å². The Balaban J connectivity index is 2.42. The van der Waals surface area contributed by atoms with Crippen LogP contribution in [0.5, 0.6) is 6.01 Å². The van der Waals surface area contributed by atoms with E-state index in [0.717, 1.165) is 32.4 Å². The Morgan fingerprint density at radius 1 is 0.696 bits per heavy atom. The molecule has 0 fully saturated rings. The summed E-state index contributed by atoms with van der Waals surface area (Å²) in [4.78, 5) is 13.0. The highest BCUT2D eigenvalue weighted by Gasteiger charge is 2.06. The number of unbranched alkanes of at least 4 members (excludes halogenated alkanes) is 6. The van der Waals surface area contributed by atoms with Gasteiger partial charge in [0, 0.05) is 13.1 Å². The van der Waals surface area contributed by atoms with Gasteiger partial charge in [-0.15, -0.1) is 0 Å². The zero-order valence-electron chi connectivity index (χ0n) is 15.0. The molecule has 23 heavy (non-hydrogen) atoms. The summed E-state index contributed by atoms with van der Waals surface area (Å²) in [6.45, 7) is 8.63. The molecule has 0 atom stereocenters. The first-order valence-electron chi connectivity index (χ1n) is 9.16. The summed E-state index contributed by atoms with van der Waals surface area (Å²) in [7, 11) is 0. The van der Waals surface area contributed by atoms with E-state index in [-0.39, 0.29) is 0 Å². The van der Waals surface area contributed by atoms with Crippen LogP contribution in [0.4, 0.5) is 11.9 Å². The van der Waals surface area contributed by atoms with Crippen LogP contribution in [-0.2, 0) is 0 Å². The predicted octanol–water partition coefficient (Wildman–Crippen LogP) is 4.25. The van der Waals surface area contributed by atoms with E-state index in [4.69, 9.17) is 4.74 Å². The summed E-state index contributed by atoms with van der Waals surface area (Å²) in [5.41, 5.74) is 0. The molecule has 132 valence electrons. The minimum atomic E-state index is 0.381. The largest absolute Gasteiger partial charge is 0.464 e. The average Bonchev–Trinajstić information content (AvgIpc) is 2.54. The first-order valence-corrected chi connectivity index (χ1v) is 9.16. The Bertz CT molecular complexity index is 414. The highest BCUT2D eigenvalue weighted by atomic mass is 16.5. The number of aromatic nitrogens is 3. The molecule has 6 nitrogen and oxygen atoms in total. The van der Waals surface area contributed by atoms with Crippen molar-refractivity contribution < 1.29 is 4.74 Å². The van der Waals surface area contributed by atoms with Crippen LogP contribution in [0, 0.1) is 0 Å². The summed E-state index contributed by atoms with van der Waals surface area (Å²) in [6.07, 6.45) is 9.89. The van der Waals surface area contributed by atoms with Crippen molar-refractivity contribution in [3.63, 3.8) is 0 Å². The van der Waals surface area contributed by atoms with Gasteiger partial charge in [0.2, 0.25) is 11.9 Å². The van der Waals surface area contributed by atoms with Crippen LogP contribution in [0.3, 0.4) is 0 Å². The van der Waals surface area contributed by atoms with E-state index in [1.54, 1.807) is 0 Å². The molecule has 1 heterocycles. The molecule has 6 heteroatoms. The SMILES string of the molecule is CCCCCCCCNc1nc(NCCCC)nc(OCC)n1. The van der Waals surface area contributed by atoms with E-state index >= 15 is 0 Å². The van der Waals surface area contributed by atoms with Gasteiger partial charge in [0.05, 0.1) is 6.61 Å². The molecule has 1 aromatic heterocycles. The third kappa shape index (κ3) is 9.21. The molecule has 0 bridgehead atoms. The molecule has 0 aliphatic carbocycles. The Kier molecular flexibility index (Phi) is 10.9. The third-order valence-electron chi connectivity index (χ3n) is 3.52. The fourth-order valence-electron chi connectivity index (χ4n) is 2.19. The second kappa shape index (κ2) is 12.9. The number of nitrogens with zero attached hydrogens (tertiary/aromatic N) is 3. The molecule has 0 aliphatic rings. The quantitative estimate of drug-likeness (QED) is 0.499. The zero-order valence-corrected chi connectivity index (χ0v) is 15.0. The van der Waals surface area contributed by atoms with E-state index < -0.39 is 0 Å². The van der Waals surface area contributed by atoms with Crippen molar-refractivity contribution >= 4 is 11.9 Å². The van der Waals surface area contributed by atoms with Crippen LogP contribution in [-0.4, -0.2) is 34.6 Å². The predicted molar refractivity (Wildman–Crippen MR) is 96.3 cm³/mol. The summed E-state index contributed by atoms with van der Waals surface area (Å²) < 4.78 is 5.42. The minimum Gasteiger partial charge on any atom is -0.464 e. The molecule has 2 N–H and O–H groups in total. The number of anilines is 2. The van der Waals surface area contributed by atoms with E-state index in [0.29, 0.717) is 24.5 Å². The molecule has 0 saturated heterocycles. The number of hydrogen-bond donors (Lipinski definition) is 2. The van der Waals surface area contributed by atoms with Crippen LogP contribution >= 0.6 is 0 Å². The summed E-state index contributed by atoms with van der Waals surface area (Å²) >= 11 is 0. The number of nitrogens with one attached hydrogen (secondary N) is 2. The van der Waals surface area contributed by atoms with Gasteiger partial charge in [-0.3, -0.25) is 0 Å². The maximum Gasteiger partial charge on any atom is 0.323 e. The van der Waals surface area contributed by atoms with Crippen LogP contribution in [0.2, 0.25) is 0 Å². The van der Waals surface area contributed by atoms with Gasteiger partial charge in [-0.1, -0.05) is 52.4 Å². The summed E-state index contributed by atoms with van der Waals surface area (Å²) in [5, 5.41) is 6.51. The molecule has 0 saturated carbocycles. The smallest absolute Gasteiger partial charge is 0.323 e. The second-order valence-corrected chi connectivity index (χ2v) is 5.67. The van der Waals surface area contributed by atoms with Gasteiger partial charge >= 0.3 is 6.01 Å². The maximum absolute atomic E-state index is 5.42. The molecule has 0 spiro atoms. The fourth-order valence-corrected chi connectivity index (χ4v) is 2.19. The molecule has 0 aliphatic heterocycles. The van der Waals surface area contributed by atoms with Gasteiger partial charge in [-0.2, -0.15) is 15.0 Å². The lowest BCUT2D eigenvalue weighted by molar-refractivity contribution is 0.312. The van der Waals surface area contributed by atoms with Crippen molar-refractivity contribution in [1.82, 2.24) is 15.0 Å². The van der Waals surface area contributed by atoms with Crippen molar-refractivity contribution in [2.45, 2.75) is 72.1 Å². The first-order chi connectivity index (χ1) is 11.3. The van der Waals surface area contributed by atoms with E-state index in [1.807, 2.05) is 6.92 Å². The molecule has 0 unspecified atom stereocenters. The Morgan fingerprint density at radius 3 is 1.87 bits per heavy atom. The van der Waals surface area contributed by atoms with E-state index in [1.165, 1.54) is 32.1 Å². The normalized spacial score (nSPS) is 10.6. The Morgan fingerprint density at radius 2 is 1.26 bits per heavy atom. The third-order valence-corrected chi connectivity index (χ3v) is 3.52. The molecule has 0 amide bonds. The lowest BCUT2D eigenvalue weighted by Gasteiger charge is -2.10. The van der Waals surface area contributed by atoms with Crippen molar-refractivity contribution in [3.8, 4) is 6.01 Å². The average molecular weight is 323 g/mol. The molecule has 1 rings (SSSR count). The Hall–Kier alpha value is -1.59. The monoisotopic (exact) mass is 323 g/mol. The van der Waals surface area contributed by atoms with Gasteiger partial charge in [-0.25, -0.2) is 0 Å². The van der Waals surface area contributed by atoms with Gasteiger partial charge in [0.25, 0.3) is 0 Å². The van der Waals surface area contributed by atoms with Gasteiger partial charge in [0.15, 0.2) is 0 Å². The second-order valence-electron chi connectivity index (χ2n) is 5.67. The zero-order chi connectivity index (χ0) is 16.8. The van der Waals surface area contributed by atoms with Gasteiger partial charge < -0.3 is 15.4 Å². The van der Waals surface area contributed by atoms with Crippen LogP contribution in [0.1, 0.15) is 72.1 Å². The van der Waals surface area contributed by atoms with Gasteiger partial charge in [-0.05, 0) is 19.8 Å². The lowest BCUT2D eigenvalue weighted by Crippen LogP contribution is -2.12. The molecule has 0 radical (unpaired) electrons. The molecular weight excluding hydrogens is 290 g/mol. The number of ether oxygens (including phenoxy) is 1. The highest BCUT2D eigenvalue weighted by Crippen LogP contribution is 2.12. The summed E-state index contributed by atoms with van der Waals surface area (Å²) in [5.74, 6) is 1.18. The highest BCUT2D eigenvalue weighted by molar-refractivity contribution is 5.35. The van der Waals surface area contributed by atoms with Crippen molar-refractivity contribution in [2.75, 3.05) is 30.3 Å². The van der Waals surface area contributed by atoms with Crippen LogP contribution in [0.15, 0.2) is 0 Å². The lowest BCUT2D eigenvalue weighted by atomic mass is 10.1. The Labute approximate surface area is 140 Å². The maximum atomic E-state index is 5.42. The van der Waals surface area contributed by atoms with Crippen LogP contribution < -0.4 is 15.4 Å². The van der Waals surface area contributed by atoms with Crippen molar-refractivity contribution in [2.24, 2.45) is 0 Å². The topological polar surface area (TPSA) is 72.0 Å². The van der Waals surface area contributed by atoms with Crippen molar-refractivity contribution in [1.29, 1.82) is 0 Å². The van der Waals surface area contributed by atoms with Gasteiger partial charge in [0.1, 0.15) is 0 Å². The summed E-state index contributed by atoms with van der Waals surface area (Å²) in [6, 6.07) is 0.381. The van der Waals surface area contributed by atoms with Crippen molar-refractivity contribution in [3.05, 3.63) is 0 Å². The number of hydrogen-bond acceptors (Lipinski definition) is 6. The molecule has 0 aromatic carbocycles. The number of rotatable bonds is 14. The minimum absolute atomic E-state index is 0.381. The fraction of sp³-hybridized carbons (Fsp3) is 0.824. The van der Waals surface area contributed by atoms with E-state index in [9.17, 15) is 0 Å². The first kappa shape index (κ1) is 19.5. The standard InChI is InChI=1S/C17H33N5O/c1-4-7-9-10-11-12-14-19-16-20-15(18-13-8-5-2)21-17(22-16)23-6-3/h4-14H2,1-3H3,(H2,18,19,20,21,22). The molecular formula is C17H33N5O.